The standard InChI is InChI=1S/C32H36S2Si4/c1-35(2)21-9-13-29-25(17-21)27-19-23(11-15-31(27)33-29)37(5,6)38(7,8)24-12-16-32-28(20-24)26-18-22(36(35,3)4)10-14-30(26)34-32/h9-20H,1-8H3. The second kappa shape index (κ2) is 7.89. The summed E-state index contributed by atoms with van der Waals surface area (Å²) in [7, 11) is -7.04. The summed E-state index contributed by atoms with van der Waals surface area (Å²) in [6, 6.07) is 30.2. The summed E-state index contributed by atoms with van der Waals surface area (Å²) >= 11 is 3.95. The third-order valence-electron chi connectivity index (χ3n) is 11.0. The highest BCUT2D eigenvalue weighted by Gasteiger charge is 2.45. The first-order valence-electron chi connectivity index (χ1n) is 13.8. The second-order valence-electron chi connectivity index (χ2n) is 13.5. The van der Waals surface area contributed by atoms with Gasteiger partial charge in [0.05, 0.1) is 30.4 Å². The largest absolute Gasteiger partial charge is 0.135 e. The highest BCUT2D eigenvalue weighted by molar-refractivity contribution is 7.50. The van der Waals surface area contributed by atoms with Gasteiger partial charge in [0.25, 0.3) is 0 Å². The van der Waals surface area contributed by atoms with Crippen molar-refractivity contribution in [1.29, 1.82) is 0 Å². The molecular weight excluding hydrogens is 561 g/mol. The van der Waals surface area contributed by atoms with Gasteiger partial charge in [0.1, 0.15) is 0 Å². The van der Waals surface area contributed by atoms with Crippen molar-refractivity contribution in [3.8, 4) is 0 Å². The highest BCUT2D eigenvalue weighted by atomic mass is 32.1. The summed E-state index contributed by atoms with van der Waals surface area (Å²) < 4.78 is 5.77. The van der Waals surface area contributed by atoms with Crippen LogP contribution in [-0.4, -0.2) is 30.4 Å². The monoisotopic (exact) mass is 596 g/mol. The number of rotatable bonds is 0. The van der Waals surface area contributed by atoms with Crippen LogP contribution in [0.25, 0.3) is 40.3 Å². The van der Waals surface area contributed by atoms with E-state index in [1.165, 1.54) is 40.3 Å². The normalized spacial score (nSPS) is 19.4. The molecule has 2 aromatic heterocycles. The van der Waals surface area contributed by atoms with E-state index < -0.39 is 30.4 Å². The predicted octanol–water partition coefficient (Wildman–Crippen LogP) is 7.95. The summed E-state index contributed by atoms with van der Waals surface area (Å²) in [6.07, 6.45) is 0. The van der Waals surface area contributed by atoms with Gasteiger partial charge in [-0.3, -0.25) is 0 Å². The molecule has 0 fully saturated rings. The van der Waals surface area contributed by atoms with Crippen LogP contribution >= 0.6 is 22.7 Å². The van der Waals surface area contributed by atoms with Crippen molar-refractivity contribution in [2.45, 2.75) is 52.4 Å². The fraction of sp³-hybridized carbons (Fsp3) is 0.250. The van der Waals surface area contributed by atoms with E-state index in [0.717, 1.165) is 0 Å². The Hall–Kier alpha value is -1.81. The van der Waals surface area contributed by atoms with Crippen molar-refractivity contribution in [2.24, 2.45) is 0 Å². The Bertz CT molecular complexity index is 1660. The first-order chi connectivity index (χ1) is 17.8. The van der Waals surface area contributed by atoms with Crippen LogP contribution in [0.3, 0.4) is 0 Å². The lowest BCUT2D eigenvalue weighted by atomic mass is 10.1. The zero-order chi connectivity index (χ0) is 26.8. The van der Waals surface area contributed by atoms with Crippen molar-refractivity contribution < 1.29 is 0 Å². The molecule has 0 aliphatic carbocycles. The molecule has 0 unspecified atom stereocenters. The van der Waals surface area contributed by atoms with Gasteiger partial charge < -0.3 is 0 Å². The van der Waals surface area contributed by atoms with Crippen LogP contribution in [0.15, 0.2) is 72.8 Å². The molecule has 1 aliphatic rings. The van der Waals surface area contributed by atoms with Crippen LogP contribution in [0.1, 0.15) is 0 Å². The number of thiophene rings is 2. The average molecular weight is 597 g/mol. The third kappa shape index (κ3) is 3.22. The van der Waals surface area contributed by atoms with Gasteiger partial charge in [0, 0.05) is 40.3 Å². The van der Waals surface area contributed by atoms with E-state index in [2.05, 4.69) is 125 Å². The van der Waals surface area contributed by atoms with Crippen LogP contribution in [0.5, 0.6) is 0 Å². The van der Waals surface area contributed by atoms with Gasteiger partial charge in [-0.2, -0.15) is 0 Å². The lowest BCUT2D eigenvalue weighted by Crippen LogP contribution is -2.69. The van der Waals surface area contributed by atoms with Crippen molar-refractivity contribution >= 4 is 114 Å². The Balaban J connectivity index is 1.63. The maximum Gasteiger partial charge on any atom is 0.0791 e. The van der Waals surface area contributed by atoms with Crippen molar-refractivity contribution in [1.82, 2.24) is 0 Å². The van der Waals surface area contributed by atoms with Gasteiger partial charge in [-0.25, -0.2) is 0 Å². The Morgan fingerprint density at radius 3 is 0.763 bits per heavy atom. The van der Waals surface area contributed by atoms with Crippen molar-refractivity contribution in [3.05, 3.63) is 72.8 Å². The maximum absolute atomic E-state index is 2.64. The zero-order valence-corrected chi connectivity index (χ0v) is 29.4. The molecule has 0 nitrogen and oxygen atoms in total. The maximum atomic E-state index is 2.64. The van der Waals surface area contributed by atoms with E-state index in [-0.39, 0.29) is 0 Å². The molecule has 0 atom stereocenters. The number of hydrogen-bond donors (Lipinski definition) is 0. The van der Waals surface area contributed by atoms with E-state index in [1.807, 2.05) is 22.7 Å². The summed E-state index contributed by atoms with van der Waals surface area (Å²) in [4.78, 5) is 0. The third-order valence-corrected chi connectivity index (χ3v) is 48.7. The van der Waals surface area contributed by atoms with Crippen LogP contribution in [0, 0.1) is 0 Å². The van der Waals surface area contributed by atoms with Crippen molar-refractivity contribution in [2.75, 3.05) is 0 Å². The van der Waals surface area contributed by atoms with E-state index in [0.29, 0.717) is 0 Å². The van der Waals surface area contributed by atoms with Gasteiger partial charge in [-0.1, -0.05) is 122 Å². The molecule has 7 rings (SSSR count). The highest BCUT2D eigenvalue weighted by Crippen LogP contribution is 2.37. The topological polar surface area (TPSA) is 0 Å². The van der Waals surface area contributed by atoms with Gasteiger partial charge >= 0.3 is 0 Å². The molecule has 8 bridgehead atoms. The Labute approximate surface area is 238 Å². The first kappa shape index (κ1) is 25.2. The molecule has 0 amide bonds. The molecule has 0 saturated heterocycles. The van der Waals surface area contributed by atoms with E-state index >= 15 is 0 Å². The Morgan fingerprint density at radius 1 is 0.342 bits per heavy atom. The smallest absolute Gasteiger partial charge is 0.0791 e. The molecule has 3 heterocycles. The van der Waals surface area contributed by atoms with E-state index in [1.54, 1.807) is 20.7 Å². The van der Waals surface area contributed by atoms with Gasteiger partial charge in [-0.15, -0.1) is 22.7 Å². The minimum Gasteiger partial charge on any atom is -0.135 e. The second-order valence-corrected chi connectivity index (χ2v) is 46.0. The number of hydrogen-bond acceptors (Lipinski definition) is 2. The van der Waals surface area contributed by atoms with Crippen molar-refractivity contribution in [3.63, 3.8) is 0 Å². The predicted molar refractivity (Wildman–Crippen MR) is 187 cm³/mol. The van der Waals surface area contributed by atoms with Gasteiger partial charge in [-0.05, 0) is 24.3 Å². The summed E-state index contributed by atoms with van der Waals surface area (Å²) in [5, 5.41) is 12.5. The van der Waals surface area contributed by atoms with E-state index in [4.69, 9.17) is 0 Å². The number of benzene rings is 4. The fourth-order valence-electron chi connectivity index (χ4n) is 6.55. The molecule has 38 heavy (non-hydrogen) atoms. The molecule has 0 N–H and O–H groups in total. The minimum absolute atomic E-state index is 1.44. The Kier molecular flexibility index (Phi) is 5.23. The zero-order valence-electron chi connectivity index (χ0n) is 23.7. The SMILES string of the molecule is C[Si]1(C)c2ccc3sc4ccc(cc4c3c2)[Si](C)(C)[Si](C)(C)c2ccc3sc4ccc(cc4c3c2)[Si]1(C)C. The molecule has 6 aromatic rings. The number of fused-ring (bicyclic) bond motifs is 4. The molecule has 192 valence electrons. The molecule has 4 aromatic carbocycles. The first-order valence-corrected chi connectivity index (χ1v) is 29.4. The quantitative estimate of drug-likeness (QED) is 0.156. The molecular formula is C32H36S2Si4. The minimum atomic E-state index is -1.76. The van der Waals surface area contributed by atoms with Crippen LogP contribution in [-0.2, 0) is 0 Å². The molecule has 0 saturated carbocycles. The van der Waals surface area contributed by atoms with Crippen LogP contribution in [0.2, 0.25) is 52.4 Å². The van der Waals surface area contributed by atoms with Gasteiger partial charge in [0.15, 0.2) is 0 Å². The summed E-state index contributed by atoms with van der Waals surface area (Å²) in [6.45, 7) is 21.1. The Morgan fingerprint density at radius 2 is 0.553 bits per heavy atom. The van der Waals surface area contributed by atoms with Crippen LogP contribution in [0.4, 0.5) is 0 Å². The van der Waals surface area contributed by atoms with Crippen LogP contribution < -0.4 is 20.7 Å². The fourth-order valence-corrected chi connectivity index (χ4v) is 26.1. The summed E-state index contributed by atoms with van der Waals surface area (Å²) in [5.41, 5.74) is 0. The molecule has 1 aliphatic heterocycles. The summed E-state index contributed by atoms with van der Waals surface area (Å²) in [5.74, 6) is 0. The molecule has 0 spiro atoms. The van der Waals surface area contributed by atoms with Gasteiger partial charge in [0.2, 0.25) is 0 Å². The molecule has 6 heteroatoms. The lowest BCUT2D eigenvalue weighted by Gasteiger charge is -2.40. The molecule has 0 radical (unpaired) electrons. The lowest BCUT2D eigenvalue weighted by molar-refractivity contribution is 1.73. The van der Waals surface area contributed by atoms with E-state index in [9.17, 15) is 0 Å². The average Bonchev–Trinajstić information content (AvgIpc) is 3.44.